The lowest BCUT2D eigenvalue weighted by Gasteiger charge is -2.39. The minimum atomic E-state index is -1.44. The van der Waals surface area contributed by atoms with Crippen molar-refractivity contribution >= 4 is 18.0 Å². The van der Waals surface area contributed by atoms with E-state index in [1.54, 1.807) is 24.1 Å². The van der Waals surface area contributed by atoms with Crippen molar-refractivity contribution in [3.05, 3.63) is 23.1 Å². The van der Waals surface area contributed by atoms with Crippen LogP contribution in [0.4, 0.5) is 0 Å². The number of likely N-dealkylation sites (N-methyl/N-ethyl adjacent to an activating group) is 1. The van der Waals surface area contributed by atoms with Crippen molar-refractivity contribution in [2.45, 2.75) is 25.7 Å². The molecule has 0 amide bonds. The standard InChI is InChI=1S/C13H14N2O5/c1-8-6-10(20-14-8)7-9-4-3-5-15(2)13(9)18-11(16)12(17)19-13/h6-7H,3-5H2,1-2H3/b9-7-. The van der Waals surface area contributed by atoms with Gasteiger partial charge in [-0.05, 0) is 32.9 Å². The van der Waals surface area contributed by atoms with Crippen molar-refractivity contribution in [3.63, 3.8) is 0 Å². The summed E-state index contributed by atoms with van der Waals surface area (Å²) in [6.07, 6.45) is 3.22. The Morgan fingerprint density at radius 3 is 2.65 bits per heavy atom. The number of esters is 2. The van der Waals surface area contributed by atoms with Crippen molar-refractivity contribution in [3.8, 4) is 0 Å². The van der Waals surface area contributed by atoms with Gasteiger partial charge in [0.25, 0.3) is 0 Å². The van der Waals surface area contributed by atoms with Gasteiger partial charge in [0.15, 0.2) is 5.76 Å². The van der Waals surface area contributed by atoms with Crippen LogP contribution in [0.25, 0.3) is 6.08 Å². The number of hydrogen-bond donors (Lipinski definition) is 0. The summed E-state index contributed by atoms with van der Waals surface area (Å²) in [6, 6.07) is 1.76. The molecule has 0 unspecified atom stereocenters. The van der Waals surface area contributed by atoms with E-state index in [1.807, 2.05) is 6.92 Å². The normalized spacial score (nSPS) is 24.2. The summed E-state index contributed by atoms with van der Waals surface area (Å²) < 4.78 is 15.5. The maximum atomic E-state index is 11.4. The third-order valence-corrected chi connectivity index (χ3v) is 3.44. The Bertz CT molecular complexity index is 588. The van der Waals surface area contributed by atoms with E-state index in [0.29, 0.717) is 24.3 Å². The lowest BCUT2D eigenvalue weighted by molar-refractivity contribution is -0.227. The van der Waals surface area contributed by atoms with Gasteiger partial charge in [-0.1, -0.05) is 5.16 Å². The van der Waals surface area contributed by atoms with E-state index < -0.39 is 17.8 Å². The minimum Gasteiger partial charge on any atom is -0.396 e. The van der Waals surface area contributed by atoms with Gasteiger partial charge in [-0.15, -0.1) is 0 Å². The second kappa shape index (κ2) is 4.45. The largest absolute Gasteiger partial charge is 0.422 e. The van der Waals surface area contributed by atoms with E-state index in [-0.39, 0.29) is 0 Å². The number of aromatic nitrogens is 1. The maximum absolute atomic E-state index is 11.4. The Morgan fingerprint density at radius 2 is 2.05 bits per heavy atom. The van der Waals surface area contributed by atoms with Crippen molar-refractivity contribution in [1.29, 1.82) is 0 Å². The number of piperidine rings is 1. The van der Waals surface area contributed by atoms with Gasteiger partial charge in [0, 0.05) is 18.2 Å². The number of carbonyl (C=O) groups excluding carboxylic acids is 2. The van der Waals surface area contributed by atoms with Crippen LogP contribution in [-0.2, 0) is 19.1 Å². The molecular formula is C13H14N2O5. The molecule has 0 saturated carbocycles. The smallest absolute Gasteiger partial charge is 0.396 e. The summed E-state index contributed by atoms with van der Waals surface area (Å²) in [5, 5.41) is 3.80. The number of carbonyl (C=O) groups is 2. The van der Waals surface area contributed by atoms with Crippen LogP contribution in [0.2, 0.25) is 0 Å². The fraction of sp³-hybridized carbons (Fsp3) is 0.462. The van der Waals surface area contributed by atoms with Gasteiger partial charge in [0.05, 0.1) is 5.69 Å². The Labute approximate surface area is 115 Å². The molecule has 7 nitrogen and oxygen atoms in total. The summed E-state index contributed by atoms with van der Waals surface area (Å²) in [7, 11) is 1.74. The van der Waals surface area contributed by atoms with Crippen LogP contribution in [0, 0.1) is 6.92 Å². The number of aryl methyl sites for hydroxylation is 1. The summed E-state index contributed by atoms with van der Waals surface area (Å²) in [6.45, 7) is 2.47. The Kier molecular flexibility index (Phi) is 2.86. The van der Waals surface area contributed by atoms with E-state index in [1.165, 1.54) is 0 Å². The van der Waals surface area contributed by atoms with Crippen molar-refractivity contribution in [2.75, 3.05) is 13.6 Å². The first kappa shape index (κ1) is 12.9. The molecule has 1 spiro atoms. The fourth-order valence-corrected chi connectivity index (χ4v) is 2.49. The Morgan fingerprint density at radius 1 is 1.35 bits per heavy atom. The van der Waals surface area contributed by atoms with Gasteiger partial charge in [-0.3, -0.25) is 0 Å². The van der Waals surface area contributed by atoms with E-state index in [4.69, 9.17) is 14.0 Å². The highest BCUT2D eigenvalue weighted by molar-refractivity contribution is 6.31. The van der Waals surface area contributed by atoms with Gasteiger partial charge in [0.1, 0.15) is 0 Å². The number of rotatable bonds is 1. The molecule has 2 fully saturated rings. The highest BCUT2D eigenvalue weighted by atomic mass is 16.8. The number of ether oxygens (including phenoxy) is 2. The molecule has 1 aromatic heterocycles. The zero-order chi connectivity index (χ0) is 14.3. The van der Waals surface area contributed by atoms with E-state index >= 15 is 0 Å². The first-order valence-corrected chi connectivity index (χ1v) is 6.33. The molecule has 1 aromatic rings. The summed E-state index contributed by atoms with van der Waals surface area (Å²) in [5.41, 5.74) is 1.41. The van der Waals surface area contributed by atoms with Crippen LogP contribution in [0.15, 0.2) is 16.2 Å². The topological polar surface area (TPSA) is 81.9 Å². The predicted octanol–water partition coefficient (Wildman–Crippen LogP) is 0.846. The molecule has 3 rings (SSSR count). The van der Waals surface area contributed by atoms with Gasteiger partial charge in [-0.25, -0.2) is 14.5 Å². The Balaban J connectivity index is 2.01. The molecule has 0 bridgehead atoms. The van der Waals surface area contributed by atoms with E-state index in [2.05, 4.69) is 5.16 Å². The molecule has 106 valence electrons. The first-order valence-electron chi connectivity index (χ1n) is 6.33. The maximum Gasteiger partial charge on any atom is 0.422 e. The first-order chi connectivity index (χ1) is 9.51. The lowest BCUT2D eigenvalue weighted by atomic mass is 9.99. The summed E-state index contributed by atoms with van der Waals surface area (Å²) in [4.78, 5) is 24.5. The van der Waals surface area contributed by atoms with Gasteiger partial charge >= 0.3 is 17.8 Å². The van der Waals surface area contributed by atoms with Crippen LogP contribution >= 0.6 is 0 Å². The van der Waals surface area contributed by atoms with Gasteiger partial charge < -0.3 is 14.0 Å². The molecule has 0 N–H and O–H groups in total. The monoisotopic (exact) mass is 278 g/mol. The average molecular weight is 278 g/mol. The van der Waals surface area contributed by atoms with Gasteiger partial charge in [-0.2, -0.15) is 0 Å². The predicted molar refractivity (Wildman–Crippen MR) is 66.0 cm³/mol. The molecule has 20 heavy (non-hydrogen) atoms. The van der Waals surface area contributed by atoms with Crippen LogP contribution in [0.5, 0.6) is 0 Å². The lowest BCUT2D eigenvalue weighted by Crippen LogP contribution is -2.52. The molecule has 0 aromatic carbocycles. The zero-order valence-corrected chi connectivity index (χ0v) is 11.2. The highest BCUT2D eigenvalue weighted by Gasteiger charge is 2.55. The zero-order valence-electron chi connectivity index (χ0n) is 11.2. The summed E-state index contributed by atoms with van der Waals surface area (Å²) in [5.74, 6) is -2.85. The third kappa shape index (κ3) is 1.90. The molecule has 0 radical (unpaired) electrons. The second-order valence-electron chi connectivity index (χ2n) is 4.93. The molecule has 7 heteroatoms. The van der Waals surface area contributed by atoms with E-state index in [0.717, 1.165) is 12.1 Å². The molecule has 2 aliphatic heterocycles. The van der Waals surface area contributed by atoms with Crippen LogP contribution < -0.4 is 0 Å². The molecule has 2 saturated heterocycles. The summed E-state index contributed by atoms with van der Waals surface area (Å²) >= 11 is 0. The Hall–Kier alpha value is -2.15. The van der Waals surface area contributed by atoms with Crippen molar-refractivity contribution < 1.29 is 23.6 Å². The molecule has 3 heterocycles. The highest BCUT2D eigenvalue weighted by Crippen LogP contribution is 2.39. The minimum absolute atomic E-state index is 0.533. The third-order valence-electron chi connectivity index (χ3n) is 3.44. The average Bonchev–Trinajstić information content (AvgIpc) is 2.92. The van der Waals surface area contributed by atoms with Crippen LogP contribution in [0.1, 0.15) is 24.3 Å². The van der Waals surface area contributed by atoms with Crippen molar-refractivity contribution in [2.24, 2.45) is 0 Å². The SMILES string of the molecule is Cc1cc(/C=C2/CCCN(C)C23OC(=O)C(=O)O3)on1. The van der Waals surface area contributed by atoms with E-state index in [9.17, 15) is 9.59 Å². The van der Waals surface area contributed by atoms with Gasteiger partial charge in [0.2, 0.25) is 0 Å². The number of hydrogen-bond acceptors (Lipinski definition) is 7. The van der Waals surface area contributed by atoms with Crippen molar-refractivity contribution in [1.82, 2.24) is 10.1 Å². The number of nitrogens with zero attached hydrogens (tertiary/aromatic N) is 2. The molecular weight excluding hydrogens is 264 g/mol. The number of likely N-dealkylation sites (tertiary alicyclic amines) is 1. The quantitative estimate of drug-likeness (QED) is 0.556. The molecule has 0 atom stereocenters. The molecule has 0 aliphatic carbocycles. The van der Waals surface area contributed by atoms with Crippen LogP contribution in [0.3, 0.4) is 0 Å². The molecule has 2 aliphatic rings. The fourth-order valence-electron chi connectivity index (χ4n) is 2.49. The van der Waals surface area contributed by atoms with Crippen LogP contribution in [-0.4, -0.2) is 41.5 Å². The second-order valence-corrected chi connectivity index (χ2v) is 4.93.